The van der Waals surface area contributed by atoms with E-state index in [0.717, 1.165) is 21.9 Å². The highest BCUT2D eigenvalue weighted by molar-refractivity contribution is 7.99. The van der Waals surface area contributed by atoms with Crippen molar-refractivity contribution in [2.45, 2.75) is 11.8 Å². The number of nitrogens with two attached hydrogens (primary N) is 1. The van der Waals surface area contributed by atoms with E-state index in [1.807, 2.05) is 25.1 Å². The van der Waals surface area contributed by atoms with Crippen LogP contribution >= 0.6 is 11.8 Å². The standard InChI is InChI=1S/C16H16N2O2S/c1-10-2-4-14(19)12(8-10)16(20)18-6-7-21-15-5-3-11(17)9-13(15)18/h2-5,8-9,19H,6-7,17H2,1H3. The summed E-state index contributed by atoms with van der Waals surface area (Å²) in [5.74, 6) is 0.646. The first-order chi connectivity index (χ1) is 10.1. The van der Waals surface area contributed by atoms with E-state index in [9.17, 15) is 9.90 Å². The van der Waals surface area contributed by atoms with Crippen molar-refractivity contribution >= 4 is 29.0 Å². The number of benzene rings is 2. The second kappa shape index (κ2) is 5.33. The maximum atomic E-state index is 12.8. The minimum absolute atomic E-state index is 0.00859. The van der Waals surface area contributed by atoms with E-state index in [0.29, 0.717) is 17.8 Å². The molecular weight excluding hydrogens is 284 g/mol. The number of phenols is 1. The lowest BCUT2D eigenvalue weighted by Gasteiger charge is -2.29. The molecule has 0 fully saturated rings. The van der Waals surface area contributed by atoms with Crippen molar-refractivity contribution < 1.29 is 9.90 Å². The molecule has 1 aliphatic heterocycles. The van der Waals surface area contributed by atoms with Crippen molar-refractivity contribution in [2.75, 3.05) is 22.9 Å². The number of fused-ring (bicyclic) bond motifs is 1. The second-order valence-corrected chi connectivity index (χ2v) is 6.19. The van der Waals surface area contributed by atoms with Crippen LogP contribution in [0.15, 0.2) is 41.3 Å². The zero-order chi connectivity index (χ0) is 15.0. The van der Waals surface area contributed by atoms with E-state index in [4.69, 9.17) is 5.73 Å². The van der Waals surface area contributed by atoms with Gasteiger partial charge in [-0.25, -0.2) is 0 Å². The SMILES string of the molecule is Cc1ccc(O)c(C(=O)N2CCSc3ccc(N)cc32)c1. The molecule has 3 N–H and O–H groups in total. The molecule has 5 heteroatoms. The fourth-order valence-electron chi connectivity index (χ4n) is 2.41. The maximum Gasteiger partial charge on any atom is 0.262 e. The number of hydrogen-bond acceptors (Lipinski definition) is 4. The zero-order valence-electron chi connectivity index (χ0n) is 11.7. The Labute approximate surface area is 127 Å². The molecule has 0 aromatic heterocycles. The third-order valence-electron chi connectivity index (χ3n) is 3.47. The topological polar surface area (TPSA) is 66.6 Å². The van der Waals surface area contributed by atoms with Gasteiger partial charge in [-0.05, 0) is 37.3 Å². The van der Waals surface area contributed by atoms with Crippen LogP contribution in [0.4, 0.5) is 11.4 Å². The number of amides is 1. The largest absolute Gasteiger partial charge is 0.507 e. The summed E-state index contributed by atoms with van der Waals surface area (Å²) in [7, 11) is 0. The van der Waals surface area contributed by atoms with Crippen LogP contribution in [0.5, 0.6) is 5.75 Å². The Balaban J connectivity index is 2.04. The van der Waals surface area contributed by atoms with Gasteiger partial charge in [0.2, 0.25) is 0 Å². The van der Waals surface area contributed by atoms with Gasteiger partial charge in [0.15, 0.2) is 0 Å². The molecule has 3 rings (SSSR count). The number of anilines is 2. The van der Waals surface area contributed by atoms with Crippen LogP contribution in [0.3, 0.4) is 0 Å². The van der Waals surface area contributed by atoms with Crippen LogP contribution in [-0.4, -0.2) is 23.3 Å². The predicted molar refractivity (Wildman–Crippen MR) is 86.1 cm³/mol. The minimum Gasteiger partial charge on any atom is -0.507 e. The molecule has 1 amide bonds. The van der Waals surface area contributed by atoms with Crippen LogP contribution in [0.25, 0.3) is 0 Å². The fourth-order valence-corrected chi connectivity index (χ4v) is 3.39. The lowest BCUT2D eigenvalue weighted by molar-refractivity contribution is 0.0985. The van der Waals surface area contributed by atoms with Gasteiger partial charge in [-0.15, -0.1) is 11.8 Å². The smallest absolute Gasteiger partial charge is 0.262 e. The molecule has 0 bridgehead atoms. The molecule has 4 nitrogen and oxygen atoms in total. The predicted octanol–water partition coefficient (Wildman–Crippen LogP) is 3.04. The van der Waals surface area contributed by atoms with Gasteiger partial charge in [0.25, 0.3) is 5.91 Å². The van der Waals surface area contributed by atoms with Crippen LogP contribution in [0.1, 0.15) is 15.9 Å². The van der Waals surface area contributed by atoms with Crippen LogP contribution in [0, 0.1) is 6.92 Å². The Morgan fingerprint density at radius 1 is 1.29 bits per heavy atom. The van der Waals surface area contributed by atoms with Crippen molar-refractivity contribution in [2.24, 2.45) is 0 Å². The molecule has 0 saturated carbocycles. The monoisotopic (exact) mass is 300 g/mol. The van der Waals surface area contributed by atoms with E-state index < -0.39 is 0 Å². The lowest BCUT2D eigenvalue weighted by atomic mass is 10.1. The number of nitrogens with zero attached hydrogens (tertiary/aromatic N) is 1. The highest BCUT2D eigenvalue weighted by Gasteiger charge is 2.26. The summed E-state index contributed by atoms with van der Waals surface area (Å²) in [6, 6.07) is 10.6. The lowest BCUT2D eigenvalue weighted by Crippen LogP contribution is -2.35. The summed E-state index contributed by atoms with van der Waals surface area (Å²) < 4.78 is 0. The molecule has 108 valence electrons. The number of phenolic OH excluding ortho intramolecular Hbond substituents is 1. The van der Waals surface area contributed by atoms with Gasteiger partial charge in [-0.1, -0.05) is 11.6 Å². The van der Waals surface area contributed by atoms with E-state index in [1.54, 1.807) is 34.9 Å². The highest BCUT2D eigenvalue weighted by atomic mass is 32.2. The molecule has 2 aromatic rings. The number of carbonyl (C=O) groups is 1. The van der Waals surface area contributed by atoms with Crippen LogP contribution in [-0.2, 0) is 0 Å². The van der Waals surface area contributed by atoms with Gasteiger partial charge >= 0.3 is 0 Å². The summed E-state index contributed by atoms with van der Waals surface area (Å²) in [6.45, 7) is 2.50. The average Bonchev–Trinajstić information content (AvgIpc) is 2.48. The molecule has 0 aliphatic carbocycles. The van der Waals surface area contributed by atoms with E-state index in [1.165, 1.54) is 0 Å². The molecule has 0 spiro atoms. The summed E-state index contributed by atoms with van der Waals surface area (Å²) in [5, 5.41) is 9.96. The quantitative estimate of drug-likeness (QED) is 0.794. The highest BCUT2D eigenvalue weighted by Crippen LogP contribution is 2.37. The maximum absolute atomic E-state index is 12.8. The van der Waals surface area contributed by atoms with E-state index >= 15 is 0 Å². The summed E-state index contributed by atoms with van der Waals surface area (Å²) in [5.41, 5.74) is 8.55. The normalized spacial score (nSPS) is 13.9. The molecule has 1 aliphatic rings. The van der Waals surface area contributed by atoms with Gasteiger partial charge in [-0.2, -0.15) is 0 Å². The molecule has 0 atom stereocenters. The number of aryl methyl sites for hydroxylation is 1. The first-order valence-corrected chi connectivity index (χ1v) is 7.68. The van der Waals surface area contributed by atoms with Gasteiger partial charge in [-0.3, -0.25) is 4.79 Å². The Kier molecular flexibility index (Phi) is 3.51. The fraction of sp³-hybridized carbons (Fsp3) is 0.188. The molecule has 2 aromatic carbocycles. The first kappa shape index (κ1) is 13.8. The van der Waals surface area contributed by atoms with E-state index in [-0.39, 0.29) is 11.7 Å². The minimum atomic E-state index is -0.191. The number of nitrogen functional groups attached to an aromatic ring is 1. The molecule has 0 saturated heterocycles. The van der Waals surface area contributed by atoms with Crippen molar-refractivity contribution in [1.29, 1.82) is 0 Å². The molecule has 0 radical (unpaired) electrons. The molecule has 0 unspecified atom stereocenters. The van der Waals surface area contributed by atoms with Gasteiger partial charge in [0, 0.05) is 22.9 Å². The van der Waals surface area contributed by atoms with Crippen molar-refractivity contribution in [3.63, 3.8) is 0 Å². The third-order valence-corrected chi connectivity index (χ3v) is 4.52. The number of aromatic hydroxyl groups is 1. The van der Waals surface area contributed by atoms with Crippen molar-refractivity contribution in [3.05, 3.63) is 47.5 Å². The zero-order valence-corrected chi connectivity index (χ0v) is 12.5. The number of hydrogen-bond donors (Lipinski definition) is 2. The first-order valence-electron chi connectivity index (χ1n) is 6.70. The summed E-state index contributed by atoms with van der Waals surface area (Å²) in [6.07, 6.45) is 0. The van der Waals surface area contributed by atoms with Crippen LogP contribution < -0.4 is 10.6 Å². The summed E-state index contributed by atoms with van der Waals surface area (Å²) >= 11 is 1.71. The van der Waals surface area contributed by atoms with Crippen LogP contribution in [0.2, 0.25) is 0 Å². The number of rotatable bonds is 1. The number of carbonyl (C=O) groups excluding carboxylic acids is 1. The Bertz CT molecular complexity index is 715. The summed E-state index contributed by atoms with van der Waals surface area (Å²) in [4.78, 5) is 15.5. The Morgan fingerprint density at radius 3 is 2.90 bits per heavy atom. The van der Waals surface area contributed by atoms with Gasteiger partial charge in [0.05, 0.1) is 11.3 Å². The third kappa shape index (κ3) is 2.56. The second-order valence-electron chi connectivity index (χ2n) is 5.05. The van der Waals surface area contributed by atoms with E-state index in [2.05, 4.69) is 0 Å². The Morgan fingerprint density at radius 2 is 2.10 bits per heavy atom. The molecule has 21 heavy (non-hydrogen) atoms. The Hall–Kier alpha value is -2.14. The number of thioether (sulfide) groups is 1. The van der Waals surface area contributed by atoms with Gasteiger partial charge < -0.3 is 15.7 Å². The van der Waals surface area contributed by atoms with Crippen molar-refractivity contribution in [3.8, 4) is 5.75 Å². The average molecular weight is 300 g/mol. The van der Waals surface area contributed by atoms with Gasteiger partial charge in [0.1, 0.15) is 5.75 Å². The molecule has 1 heterocycles. The van der Waals surface area contributed by atoms with Crippen molar-refractivity contribution in [1.82, 2.24) is 0 Å². The molecular formula is C16H16N2O2S.